The van der Waals surface area contributed by atoms with Gasteiger partial charge in [-0.15, -0.1) is 0 Å². The molecule has 1 aromatic heterocycles. The minimum atomic E-state index is -3.56. The van der Waals surface area contributed by atoms with Gasteiger partial charge in [0, 0.05) is 11.7 Å². The summed E-state index contributed by atoms with van der Waals surface area (Å²) in [7, 11) is -3.56. The lowest BCUT2D eigenvalue weighted by Crippen LogP contribution is -2.33. The van der Waals surface area contributed by atoms with Crippen LogP contribution in [0.1, 0.15) is 32.4 Å². The first kappa shape index (κ1) is 13.4. The van der Waals surface area contributed by atoms with E-state index in [0.29, 0.717) is 5.69 Å². The molecule has 0 bridgehead atoms. The third-order valence-electron chi connectivity index (χ3n) is 2.33. The van der Waals surface area contributed by atoms with Crippen molar-refractivity contribution in [1.82, 2.24) is 9.71 Å². The first-order valence-electron chi connectivity index (χ1n) is 5.12. The SMILES string of the molecule is CCC(CC)NS(=O)(=O)c1sc(=O)[nH]c1C. The van der Waals surface area contributed by atoms with Crippen molar-refractivity contribution in [1.29, 1.82) is 0 Å². The number of nitrogens with one attached hydrogen (secondary N) is 2. The number of thiazole rings is 1. The quantitative estimate of drug-likeness (QED) is 0.839. The smallest absolute Gasteiger partial charge is 0.305 e. The fraction of sp³-hybridized carbons (Fsp3) is 0.667. The van der Waals surface area contributed by atoms with Gasteiger partial charge < -0.3 is 4.98 Å². The number of hydrogen-bond acceptors (Lipinski definition) is 4. The van der Waals surface area contributed by atoms with E-state index in [4.69, 9.17) is 0 Å². The third kappa shape index (κ3) is 2.93. The summed E-state index contributed by atoms with van der Waals surface area (Å²) in [6.45, 7) is 5.42. The van der Waals surface area contributed by atoms with Gasteiger partial charge in [0.05, 0.1) is 0 Å². The van der Waals surface area contributed by atoms with E-state index in [0.717, 1.165) is 24.2 Å². The van der Waals surface area contributed by atoms with Crippen molar-refractivity contribution in [3.8, 4) is 0 Å². The van der Waals surface area contributed by atoms with Crippen LogP contribution < -0.4 is 9.60 Å². The Labute approximate surface area is 99.0 Å². The maximum atomic E-state index is 11.9. The molecule has 0 atom stereocenters. The van der Waals surface area contributed by atoms with Gasteiger partial charge in [0.15, 0.2) is 4.21 Å². The van der Waals surface area contributed by atoms with E-state index < -0.39 is 10.0 Å². The highest BCUT2D eigenvalue weighted by molar-refractivity contribution is 7.91. The van der Waals surface area contributed by atoms with Crippen molar-refractivity contribution >= 4 is 21.4 Å². The molecule has 0 amide bonds. The molecule has 7 heteroatoms. The molecule has 5 nitrogen and oxygen atoms in total. The molecule has 0 aliphatic heterocycles. The summed E-state index contributed by atoms with van der Waals surface area (Å²) < 4.78 is 26.5. The molecular weight excluding hydrogens is 248 g/mol. The van der Waals surface area contributed by atoms with E-state index in [-0.39, 0.29) is 15.1 Å². The van der Waals surface area contributed by atoms with Crippen molar-refractivity contribution in [3.05, 3.63) is 15.4 Å². The summed E-state index contributed by atoms with van der Waals surface area (Å²) >= 11 is 0.723. The molecule has 0 aliphatic rings. The van der Waals surface area contributed by atoms with Crippen LogP contribution in [0.4, 0.5) is 0 Å². The Morgan fingerprint density at radius 1 is 1.38 bits per heavy atom. The van der Waals surface area contributed by atoms with Crippen LogP contribution in [0.5, 0.6) is 0 Å². The molecule has 2 N–H and O–H groups in total. The van der Waals surface area contributed by atoms with Crippen molar-refractivity contribution in [2.24, 2.45) is 0 Å². The lowest BCUT2D eigenvalue weighted by molar-refractivity contribution is 0.531. The number of hydrogen-bond donors (Lipinski definition) is 2. The molecule has 16 heavy (non-hydrogen) atoms. The lowest BCUT2D eigenvalue weighted by Gasteiger charge is -2.13. The average Bonchev–Trinajstić information content (AvgIpc) is 2.55. The molecule has 0 spiro atoms. The first-order chi connectivity index (χ1) is 7.40. The Morgan fingerprint density at radius 2 is 1.94 bits per heavy atom. The minimum Gasteiger partial charge on any atom is -0.315 e. The highest BCUT2D eigenvalue weighted by atomic mass is 32.2. The summed E-state index contributed by atoms with van der Waals surface area (Å²) in [6.07, 6.45) is 1.46. The standard InChI is InChI=1S/C9H16N2O3S2/c1-4-7(5-2)11-16(13,14)8-6(3)10-9(12)15-8/h7,11H,4-5H2,1-3H3,(H,10,12). The fourth-order valence-electron chi connectivity index (χ4n) is 1.38. The highest BCUT2D eigenvalue weighted by Crippen LogP contribution is 2.16. The van der Waals surface area contributed by atoms with E-state index in [1.54, 1.807) is 6.92 Å². The number of aromatic amines is 1. The zero-order valence-corrected chi connectivity index (χ0v) is 11.2. The number of aromatic nitrogens is 1. The van der Waals surface area contributed by atoms with Gasteiger partial charge in [-0.1, -0.05) is 25.2 Å². The van der Waals surface area contributed by atoms with Crippen LogP contribution in [-0.4, -0.2) is 19.4 Å². The second kappa shape index (κ2) is 5.11. The van der Waals surface area contributed by atoms with Gasteiger partial charge in [-0.25, -0.2) is 13.1 Å². The van der Waals surface area contributed by atoms with Crippen molar-refractivity contribution < 1.29 is 8.42 Å². The largest absolute Gasteiger partial charge is 0.315 e. The number of sulfonamides is 1. The first-order valence-corrected chi connectivity index (χ1v) is 7.42. The number of aryl methyl sites for hydroxylation is 1. The van der Waals surface area contributed by atoms with Crippen molar-refractivity contribution in [2.45, 2.75) is 43.9 Å². The van der Waals surface area contributed by atoms with Crippen molar-refractivity contribution in [3.63, 3.8) is 0 Å². The topological polar surface area (TPSA) is 79.0 Å². The van der Waals surface area contributed by atoms with Crippen LogP contribution in [-0.2, 0) is 10.0 Å². The molecule has 0 saturated carbocycles. The summed E-state index contributed by atoms with van der Waals surface area (Å²) in [5, 5.41) is 0. The van der Waals surface area contributed by atoms with Crippen LogP contribution in [0.25, 0.3) is 0 Å². The molecule has 0 unspecified atom stereocenters. The van der Waals surface area contributed by atoms with Gasteiger partial charge in [-0.3, -0.25) is 4.79 Å². The predicted molar refractivity (Wildman–Crippen MR) is 64.4 cm³/mol. The predicted octanol–water partition coefficient (Wildman–Crippen LogP) is 1.21. The second-order valence-electron chi connectivity index (χ2n) is 3.56. The molecular formula is C9H16N2O3S2. The van der Waals surface area contributed by atoms with Gasteiger partial charge in [0.25, 0.3) is 10.0 Å². The van der Waals surface area contributed by atoms with E-state index in [9.17, 15) is 13.2 Å². The average molecular weight is 264 g/mol. The molecule has 1 heterocycles. The van der Waals surface area contributed by atoms with Gasteiger partial charge in [-0.2, -0.15) is 0 Å². The zero-order valence-electron chi connectivity index (χ0n) is 9.53. The van der Waals surface area contributed by atoms with Gasteiger partial charge in [0.2, 0.25) is 0 Å². The molecule has 1 aromatic rings. The van der Waals surface area contributed by atoms with E-state index in [2.05, 4.69) is 9.71 Å². The van der Waals surface area contributed by atoms with E-state index in [1.165, 1.54) is 0 Å². The highest BCUT2D eigenvalue weighted by Gasteiger charge is 2.22. The fourth-order valence-corrected chi connectivity index (χ4v) is 4.10. The maximum Gasteiger partial charge on any atom is 0.305 e. The molecule has 0 aliphatic carbocycles. The summed E-state index contributed by atoms with van der Waals surface area (Å²) in [6, 6.07) is -0.0818. The number of rotatable bonds is 5. The Kier molecular flexibility index (Phi) is 4.28. The Morgan fingerprint density at radius 3 is 2.31 bits per heavy atom. The van der Waals surface area contributed by atoms with Crippen LogP contribution in [0.2, 0.25) is 0 Å². The summed E-state index contributed by atoms with van der Waals surface area (Å²) in [5.74, 6) is 0. The lowest BCUT2D eigenvalue weighted by atomic mass is 10.2. The molecule has 0 fully saturated rings. The Hall–Kier alpha value is -0.660. The molecule has 1 rings (SSSR count). The monoisotopic (exact) mass is 264 g/mol. The third-order valence-corrected chi connectivity index (χ3v) is 5.46. The Bertz CT molecular complexity index is 497. The Balaban J connectivity index is 3.03. The normalized spacial score (nSPS) is 12.2. The van der Waals surface area contributed by atoms with Crippen molar-refractivity contribution in [2.75, 3.05) is 0 Å². The van der Waals surface area contributed by atoms with Crippen LogP contribution in [0.15, 0.2) is 9.00 Å². The molecule has 0 radical (unpaired) electrons. The van der Waals surface area contributed by atoms with Crippen LogP contribution in [0, 0.1) is 6.92 Å². The second-order valence-corrected chi connectivity index (χ2v) is 6.45. The molecule has 92 valence electrons. The van der Waals surface area contributed by atoms with Gasteiger partial charge >= 0.3 is 4.87 Å². The zero-order chi connectivity index (χ0) is 12.3. The van der Waals surface area contributed by atoms with Crippen LogP contribution >= 0.6 is 11.3 Å². The van der Waals surface area contributed by atoms with Crippen LogP contribution in [0.3, 0.4) is 0 Å². The summed E-state index contributed by atoms with van der Waals surface area (Å²) in [5.41, 5.74) is 0.397. The van der Waals surface area contributed by atoms with Gasteiger partial charge in [-0.05, 0) is 19.8 Å². The molecule has 0 aromatic carbocycles. The molecule has 0 saturated heterocycles. The maximum absolute atomic E-state index is 11.9. The van der Waals surface area contributed by atoms with E-state index in [1.807, 2.05) is 13.8 Å². The summed E-state index contributed by atoms with van der Waals surface area (Å²) in [4.78, 5) is 13.2. The van der Waals surface area contributed by atoms with Gasteiger partial charge in [0.1, 0.15) is 0 Å². The number of H-pyrrole nitrogens is 1. The minimum absolute atomic E-state index is 0.0818. The van der Waals surface area contributed by atoms with E-state index >= 15 is 0 Å².